The van der Waals surface area contributed by atoms with Crippen LogP contribution in [-0.2, 0) is 0 Å². The summed E-state index contributed by atoms with van der Waals surface area (Å²) in [6.07, 6.45) is 5.54. The molecule has 27 heavy (non-hydrogen) atoms. The fraction of sp³-hybridized carbons (Fsp3) is 0.421. The number of piperidine rings is 1. The third-order valence-electron chi connectivity index (χ3n) is 5.01. The van der Waals surface area contributed by atoms with Crippen molar-refractivity contribution < 1.29 is 4.79 Å². The molecule has 0 aliphatic carbocycles. The van der Waals surface area contributed by atoms with Gasteiger partial charge in [0.05, 0.1) is 11.3 Å². The Morgan fingerprint density at radius 3 is 2.89 bits per heavy atom. The van der Waals surface area contributed by atoms with E-state index < -0.39 is 0 Å². The van der Waals surface area contributed by atoms with Gasteiger partial charge in [0.25, 0.3) is 5.91 Å². The van der Waals surface area contributed by atoms with Crippen LogP contribution in [0, 0.1) is 6.92 Å². The first-order valence-electron chi connectivity index (χ1n) is 9.14. The second-order valence-corrected chi connectivity index (χ2v) is 7.14. The van der Waals surface area contributed by atoms with E-state index in [2.05, 4.69) is 20.2 Å². The summed E-state index contributed by atoms with van der Waals surface area (Å²) in [7, 11) is 3.77. The van der Waals surface area contributed by atoms with Crippen molar-refractivity contribution in [1.29, 1.82) is 0 Å². The topological polar surface area (TPSA) is 79.5 Å². The van der Waals surface area contributed by atoms with Gasteiger partial charge in [-0.05, 0) is 31.9 Å². The zero-order valence-electron chi connectivity index (χ0n) is 15.8. The summed E-state index contributed by atoms with van der Waals surface area (Å²) in [6, 6.07) is 5.86. The van der Waals surface area contributed by atoms with Crippen LogP contribution in [-0.4, -0.2) is 62.6 Å². The van der Waals surface area contributed by atoms with Gasteiger partial charge in [-0.25, -0.2) is 9.97 Å². The monoisotopic (exact) mass is 365 g/mol. The molecule has 0 bridgehead atoms. The Labute approximate surface area is 157 Å². The minimum atomic E-state index is -0.0173. The number of nitrogens with zero attached hydrogens (tertiary/aromatic N) is 7. The molecule has 140 valence electrons. The first kappa shape index (κ1) is 17.4. The number of amides is 1. The molecule has 3 aromatic rings. The Balaban J connectivity index is 1.57. The third kappa shape index (κ3) is 3.22. The zero-order chi connectivity index (χ0) is 19.0. The third-order valence-corrected chi connectivity index (χ3v) is 5.01. The van der Waals surface area contributed by atoms with Crippen molar-refractivity contribution in [3.63, 3.8) is 0 Å². The summed E-state index contributed by atoms with van der Waals surface area (Å²) in [5.74, 6) is 1.67. The largest absolute Gasteiger partial charge is 0.347 e. The second-order valence-electron chi connectivity index (χ2n) is 7.14. The maximum atomic E-state index is 13.1. The molecule has 4 rings (SSSR count). The van der Waals surface area contributed by atoms with E-state index in [1.165, 1.54) is 0 Å². The van der Waals surface area contributed by atoms with Crippen molar-refractivity contribution in [2.24, 2.45) is 0 Å². The van der Waals surface area contributed by atoms with Crippen molar-refractivity contribution in [3.8, 4) is 0 Å². The summed E-state index contributed by atoms with van der Waals surface area (Å²) in [5, 5.41) is 8.63. The SMILES string of the molecule is Cc1nc(N(C)C)ncc1C(=O)N1CCC[C@H](c2nnc3ccccn23)C1. The van der Waals surface area contributed by atoms with E-state index in [4.69, 9.17) is 0 Å². The number of carbonyl (C=O) groups excluding carboxylic acids is 1. The molecule has 4 heterocycles. The van der Waals surface area contributed by atoms with Crippen LogP contribution in [0.3, 0.4) is 0 Å². The lowest BCUT2D eigenvalue weighted by Gasteiger charge is -2.32. The average molecular weight is 365 g/mol. The molecule has 1 amide bonds. The fourth-order valence-electron chi connectivity index (χ4n) is 3.56. The van der Waals surface area contributed by atoms with Crippen molar-refractivity contribution in [2.75, 3.05) is 32.1 Å². The second kappa shape index (κ2) is 6.94. The van der Waals surface area contributed by atoms with Crippen molar-refractivity contribution >= 4 is 17.5 Å². The first-order chi connectivity index (χ1) is 13.0. The number of likely N-dealkylation sites (tertiary alicyclic amines) is 1. The van der Waals surface area contributed by atoms with Gasteiger partial charge in [-0.15, -0.1) is 10.2 Å². The van der Waals surface area contributed by atoms with E-state index in [-0.39, 0.29) is 11.8 Å². The molecule has 1 fully saturated rings. The number of aromatic nitrogens is 5. The van der Waals surface area contributed by atoms with Crippen LogP contribution < -0.4 is 4.90 Å². The molecule has 0 radical (unpaired) electrons. The molecule has 8 heteroatoms. The van der Waals surface area contributed by atoms with Crippen LogP contribution in [0.1, 0.15) is 40.6 Å². The standard InChI is InChI=1S/C19H23N7O/c1-13-15(11-20-19(21-13)24(2)3)18(27)25-9-6-7-14(12-25)17-23-22-16-8-4-5-10-26(16)17/h4-5,8,10-11,14H,6-7,9,12H2,1-3H3/t14-/m0/s1. The van der Waals surface area contributed by atoms with E-state index in [1.54, 1.807) is 6.20 Å². The highest BCUT2D eigenvalue weighted by Gasteiger charge is 2.29. The van der Waals surface area contributed by atoms with Gasteiger partial charge in [0.2, 0.25) is 5.95 Å². The van der Waals surface area contributed by atoms with Crippen LogP contribution >= 0.6 is 0 Å². The lowest BCUT2D eigenvalue weighted by Crippen LogP contribution is -2.40. The number of rotatable bonds is 3. The summed E-state index contributed by atoms with van der Waals surface area (Å²) in [6.45, 7) is 3.22. The molecule has 1 atom stereocenters. The smallest absolute Gasteiger partial charge is 0.257 e. The van der Waals surface area contributed by atoms with E-state index in [1.807, 2.05) is 59.6 Å². The Hall–Kier alpha value is -3.03. The normalized spacial score (nSPS) is 17.3. The molecule has 0 N–H and O–H groups in total. The zero-order valence-corrected chi connectivity index (χ0v) is 15.8. The van der Waals surface area contributed by atoms with Gasteiger partial charge in [0.1, 0.15) is 5.82 Å². The van der Waals surface area contributed by atoms with E-state index in [0.717, 1.165) is 30.9 Å². The Kier molecular flexibility index (Phi) is 4.47. The molecule has 3 aromatic heterocycles. The van der Waals surface area contributed by atoms with Gasteiger partial charge in [0, 0.05) is 45.5 Å². The molecule has 1 saturated heterocycles. The minimum Gasteiger partial charge on any atom is -0.347 e. The van der Waals surface area contributed by atoms with Gasteiger partial charge in [-0.2, -0.15) is 0 Å². The lowest BCUT2D eigenvalue weighted by atomic mass is 9.96. The number of hydrogen-bond donors (Lipinski definition) is 0. The van der Waals surface area contributed by atoms with Crippen LogP contribution in [0.2, 0.25) is 0 Å². The molecule has 8 nitrogen and oxygen atoms in total. The van der Waals surface area contributed by atoms with Gasteiger partial charge < -0.3 is 9.80 Å². The Morgan fingerprint density at radius 2 is 2.11 bits per heavy atom. The molecule has 0 spiro atoms. The van der Waals surface area contributed by atoms with Crippen LogP contribution in [0.25, 0.3) is 5.65 Å². The van der Waals surface area contributed by atoms with Gasteiger partial charge in [-0.3, -0.25) is 9.20 Å². The van der Waals surface area contributed by atoms with Gasteiger partial charge >= 0.3 is 0 Å². The average Bonchev–Trinajstić information content (AvgIpc) is 3.11. The molecular weight excluding hydrogens is 342 g/mol. The van der Waals surface area contributed by atoms with Crippen LogP contribution in [0.15, 0.2) is 30.6 Å². The summed E-state index contributed by atoms with van der Waals surface area (Å²) in [5.41, 5.74) is 2.10. The molecule has 0 unspecified atom stereocenters. The maximum absolute atomic E-state index is 13.1. The number of hydrogen-bond acceptors (Lipinski definition) is 6. The molecular formula is C19H23N7O. The highest BCUT2D eigenvalue weighted by molar-refractivity contribution is 5.95. The number of pyridine rings is 1. The number of fused-ring (bicyclic) bond motifs is 1. The summed E-state index contributed by atoms with van der Waals surface area (Å²) >= 11 is 0. The lowest BCUT2D eigenvalue weighted by molar-refractivity contribution is 0.0702. The molecule has 0 saturated carbocycles. The van der Waals surface area contributed by atoms with Crippen LogP contribution in [0.4, 0.5) is 5.95 Å². The van der Waals surface area contributed by atoms with E-state index in [0.29, 0.717) is 23.8 Å². The fourth-order valence-corrected chi connectivity index (χ4v) is 3.56. The minimum absolute atomic E-state index is 0.0173. The Bertz CT molecular complexity index is 981. The molecule has 1 aliphatic rings. The predicted octanol–water partition coefficient (Wildman–Crippen LogP) is 1.91. The Morgan fingerprint density at radius 1 is 1.26 bits per heavy atom. The number of carbonyl (C=O) groups is 1. The van der Waals surface area contributed by atoms with E-state index in [9.17, 15) is 4.79 Å². The van der Waals surface area contributed by atoms with E-state index >= 15 is 0 Å². The maximum Gasteiger partial charge on any atom is 0.257 e. The first-order valence-corrected chi connectivity index (χ1v) is 9.14. The van der Waals surface area contributed by atoms with Crippen molar-refractivity contribution in [3.05, 3.63) is 47.7 Å². The molecule has 1 aliphatic heterocycles. The molecule has 0 aromatic carbocycles. The van der Waals surface area contributed by atoms with Crippen molar-refractivity contribution in [1.82, 2.24) is 29.5 Å². The summed E-state index contributed by atoms with van der Waals surface area (Å²) < 4.78 is 2.01. The summed E-state index contributed by atoms with van der Waals surface area (Å²) in [4.78, 5) is 25.5. The predicted molar refractivity (Wildman–Crippen MR) is 102 cm³/mol. The van der Waals surface area contributed by atoms with Gasteiger partial charge in [-0.1, -0.05) is 6.07 Å². The highest BCUT2D eigenvalue weighted by Crippen LogP contribution is 2.27. The number of anilines is 1. The van der Waals surface area contributed by atoms with Crippen LogP contribution in [0.5, 0.6) is 0 Å². The highest BCUT2D eigenvalue weighted by atomic mass is 16.2. The van der Waals surface area contributed by atoms with Gasteiger partial charge in [0.15, 0.2) is 5.65 Å². The number of aryl methyl sites for hydroxylation is 1. The quantitative estimate of drug-likeness (QED) is 0.705. The van der Waals surface area contributed by atoms with Crippen molar-refractivity contribution in [2.45, 2.75) is 25.7 Å².